The van der Waals surface area contributed by atoms with Gasteiger partial charge in [0.1, 0.15) is 12.4 Å². The molecule has 0 fully saturated rings. The van der Waals surface area contributed by atoms with Gasteiger partial charge in [-0.2, -0.15) is 5.10 Å². The van der Waals surface area contributed by atoms with Crippen LogP contribution in [0.5, 0.6) is 0 Å². The van der Waals surface area contributed by atoms with Crippen LogP contribution in [0.4, 0.5) is 0 Å². The first kappa shape index (κ1) is 21.1. The van der Waals surface area contributed by atoms with E-state index in [9.17, 15) is 4.79 Å². The molecule has 1 atom stereocenters. The number of guanidine groups is 1. The molecule has 2 N–H and O–H groups in total. The van der Waals surface area contributed by atoms with Crippen LogP contribution >= 0.6 is 0 Å². The van der Waals surface area contributed by atoms with E-state index in [1.54, 1.807) is 7.11 Å². The molecule has 0 aromatic carbocycles. The summed E-state index contributed by atoms with van der Waals surface area (Å²) in [5.41, 5.74) is 0. The van der Waals surface area contributed by atoms with Crippen LogP contribution in [0.2, 0.25) is 0 Å². The van der Waals surface area contributed by atoms with Crippen molar-refractivity contribution in [2.24, 2.45) is 4.99 Å². The first-order valence-electron chi connectivity index (χ1n) is 9.85. The number of amides is 1. The van der Waals surface area contributed by atoms with Crippen molar-refractivity contribution < 1.29 is 9.53 Å². The van der Waals surface area contributed by atoms with Gasteiger partial charge >= 0.3 is 0 Å². The van der Waals surface area contributed by atoms with Crippen molar-refractivity contribution >= 4 is 11.9 Å². The number of fused-ring (bicyclic) bond motifs is 1. The fraction of sp³-hybridized carbons (Fsp3) is 0.778. The zero-order valence-corrected chi connectivity index (χ0v) is 17.0. The largest absolute Gasteiger partial charge is 0.377 e. The average Bonchev–Trinajstić information content (AvgIpc) is 3.05. The summed E-state index contributed by atoms with van der Waals surface area (Å²) in [5, 5.41) is 11.2. The molecule has 1 amide bonds. The van der Waals surface area contributed by atoms with E-state index in [0.29, 0.717) is 19.6 Å². The van der Waals surface area contributed by atoms with Crippen molar-refractivity contribution in [3.05, 3.63) is 11.6 Å². The minimum atomic E-state index is 0.148. The number of aryl methyl sites for hydroxylation is 1. The van der Waals surface area contributed by atoms with Crippen molar-refractivity contribution in [2.75, 3.05) is 33.3 Å². The van der Waals surface area contributed by atoms with E-state index in [4.69, 9.17) is 4.74 Å². The van der Waals surface area contributed by atoms with Gasteiger partial charge in [0.15, 0.2) is 11.8 Å². The van der Waals surface area contributed by atoms with E-state index in [1.807, 2.05) is 30.4 Å². The summed E-state index contributed by atoms with van der Waals surface area (Å²) in [5.74, 6) is 2.63. The minimum Gasteiger partial charge on any atom is -0.377 e. The monoisotopic (exact) mass is 379 g/mol. The summed E-state index contributed by atoms with van der Waals surface area (Å²) in [6, 6.07) is 0.228. The highest BCUT2D eigenvalue weighted by Gasteiger charge is 2.22. The molecule has 27 heavy (non-hydrogen) atoms. The highest BCUT2D eigenvalue weighted by Crippen LogP contribution is 2.13. The molecule has 9 nitrogen and oxygen atoms in total. The number of methoxy groups -OCH3 is 1. The van der Waals surface area contributed by atoms with Crippen molar-refractivity contribution in [3.63, 3.8) is 0 Å². The Hall–Kier alpha value is -2.16. The molecule has 0 radical (unpaired) electrons. The quantitative estimate of drug-likeness (QED) is 0.481. The van der Waals surface area contributed by atoms with Gasteiger partial charge in [0.05, 0.1) is 13.1 Å². The SMILES string of the molecule is CCNC(=NCCC(=O)N(CC)CC)NC1CCc2nc(COC)nn2C1. The topological polar surface area (TPSA) is 96.7 Å². The number of carbonyl (C=O) groups excluding carboxylic acids is 1. The molecular formula is C18H33N7O2. The van der Waals surface area contributed by atoms with Crippen LogP contribution < -0.4 is 10.6 Å². The summed E-state index contributed by atoms with van der Waals surface area (Å²) in [6.07, 6.45) is 2.26. The van der Waals surface area contributed by atoms with Gasteiger partial charge < -0.3 is 20.3 Å². The molecule has 0 bridgehead atoms. The first-order valence-corrected chi connectivity index (χ1v) is 9.85. The number of rotatable bonds is 9. The van der Waals surface area contributed by atoms with Crippen LogP contribution in [0.25, 0.3) is 0 Å². The van der Waals surface area contributed by atoms with Gasteiger partial charge in [-0.05, 0) is 27.2 Å². The summed E-state index contributed by atoms with van der Waals surface area (Å²) >= 11 is 0. The zero-order chi connectivity index (χ0) is 19.6. The lowest BCUT2D eigenvalue weighted by Crippen LogP contribution is -2.47. The Morgan fingerprint density at radius 3 is 2.81 bits per heavy atom. The normalized spacial score (nSPS) is 16.7. The molecule has 0 aliphatic carbocycles. The lowest BCUT2D eigenvalue weighted by Gasteiger charge is -2.25. The van der Waals surface area contributed by atoms with Gasteiger partial charge in [-0.1, -0.05) is 0 Å². The second-order valence-electron chi connectivity index (χ2n) is 6.52. The third kappa shape index (κ3) is 6.20. The molecular weight excluding hydrogens is 346 g/mol. The third-order valence-corrected chi connectivity index (χ3v) is 4.57. The van der Waals surface area contributed by atoms with Gasteiger partial charge in [-0.25, -0.2) is 9.67 Å². The number of carbonyl (C=O) groups is 1. The van der Waals surface area contributed by atoms with Crippen LogP contribution in [-0.4, -0.2) is 70.9 Å². The summed E-state index contributed by atoms with van der Waals surface area (Å²) in [7, 11) is 1.65. The van der Waals surface area contributed by atoms with Gasteiger partial charge in [-0.15, -0.1) is 0 Å². The molecule has 152 valence electrons. The van der Waals surface area contributed by atoms with E-state index in [0.717, 1.165) is 56.6 Å². The molecule has 9 heteroatoms. The maximum Gasteiger partial charge on any atom is 0.224 e. The predicted molar refractivity (Wildman–Crippen MR) is 105 cm³/mol. The smallest absolute Gasteiger partial charge is 0.224 e. The average molecular weight is 380 g/mol. The van der Waals surface area contributed by atoms with Crippen molar-refractivity contribution in [1.82, 2.24) is 30.3 Å². The van der Waals surface area contributed by atoms with E-state index in [2.05, 4.69) is 25.7 Å². The molecule has 1 aliphatic heterocycles. The molecule has 1 unspecified atom stereocenters. The van der Waals surface area contributed by atoms with E-state index >= 15 is 0 Å². The molecule has 1 aliphatic rings. The fourth-order valence-electron chi connectivity index (χ4n) is 3.18. The summed E-state index contributed by atoms with van der Waals surface area (Å²) in [4.78, 5) is 23.0. The predicted octanol–water partition coefficient (Wildman–Crippen LogP) is 0.553. The molecule has 0 saturated heterocycles. The third-order valence-electron chi connectivity index (χ3n) is 4.57. The van der Waals surface area contributed by atoms with Crippen LogP contribution in [0.1, 0.15) is 45.3 Å². The van der Waals surface area contributed by atoms with Gasteiger partial charge in [0, 0.05) is 45.6 Å². The zero-order valence-electron chi connectivity index (χ0n) is 17.0. The summed E-state index contributed by atoms with van der Waals surface area (Å²) in [6.45, 7) is 9.93. The maximum absolute atomic E-state index is 12.1. The second-order valence-corrected chi connectivity index (χ2v) is 6.52. The Morgan fingerprint density at radius 1 is 1.37 bits per heavy atom. The van der Waals surface area contributed by atoms with Crippen LogP contribution in [0, 0.1) is 0 Å². The number of hydrogen-bond acceptors (Lipinski definition) is 5. The summed E-state index contributed by atoms with van der Waals surface area (Å²) < 4.78 is 7.06. The Bertz CT molecular complexity index is 625. The van der Waals surface area contributed by atoms with E-state index in [1.165, 1.54) is 0 Å². The lowest BCUT2D eigenvalue weighted by molar-refractivity contribution is -0.130. The van der Waals surface area contributed by atoms with E-state index in [-0.39, 0.29) is 11.9 Å². The van der Waals surface area contributed by atoms with Gasteiger partial charge in [0.2, 0.25) is 5.91 Å². The molecule has 0 saturated carbocycles. The fourth-order valence-corrected chi connectivity index (χ4v) is 3.18. The van der Waals surface area contributed by atoms with Gasteiger partial charge in [-0.3, -0.25) is 9.79 Å². The number of aromatic nitrogens is 3. The Morgan fingerprint density at radius 2 is 2.15 bits per heavy atom. The highest BCUT2D eigenvalue weighted by molar-refractivity contribution is 5.81. The van der Waals surface area contributed by atoms with Crippen molar-refractivity contribution in [3.8, 4) is 0 Å². The standard InChI is InChI=1S/C18H33N7O2/c1-5-19-18(20-11-10-17(26)24(6-2)7-3)21-14-8-9-16-22-15(13-27-4)23-25(16)12-14/h14H,5-13H2,1-4H3,(H2,19,20,21). The number of ether oxygens (including phenoxy) is 1. The number of nitrogens with zero attached hydrogens (tertiary/aromatic N) is 5. The highest BCUT2D eigenvalue weighted by atomic mass is 16.5. The van der Waals surface area contributed by atoms with Crippen molar-refractivity contribution in [2.45, 2.75) is 59.2 Å². The molecule has 1 aromatic rings. The Labute approximate surface area is 161 Å². The van der Waals surface area contributed by atoms with Gasteiger partial charge in [0.25, 0.3) is 0 Å². The molecule has 1 aromatic heterocycles. The lowest BCUT2D eigenvalue weighted by atomic mass is 10.1. The Balaban J connectivity index is 1.90. The second kappa shape index (κ2) is 10.9. The molecule has 2 heterocycles. The van der Waals surface area contributed by atoms with Crippen LogP contribution in [-0.2, 0) is 29.1 Å². The first-order chi connectivity index (χ1) is 13.1. The van der Waals surface area contributed by atoms with Crippen LogP contribution in [0.3, 0.4) is 0 Å². The number of aliphatic imine (C=N–C) groups is 1. The number of hydrogen-bond donors (Lipinski definition) is 2. The minimum absolute atomic E-state index is 0.148. The molecule has 2 rings (SSSR count). The number of nitrogens with one attached hydrogen (secondary N) is 2. The van der Waals surface area contributed by atoms with Crippen LogP contribution in [0.15, 0.2) is 4.99 Å². The Kier molecular flexibility index (Phi) is 8.50. The maximum atomic E-state index is 12.1. The van der Waals surface area contributed by atoms with Crippen molar-refractivity contribution in [1.29, 1.82) is 0 Å². The van der Waals surface area contributed by atoms with E-state index < -0.39 is 0 Å². The molecule has 0 spiro atoms.